The van der Waals surface area contributed by atoms with Gasteiger partial charge in [0.2, 0.25) is 0 Å². The van der Waals surface area contributed by atoms with Crippen molar-refractivity contribution in [1.29, 1.82) is 0 Å². The Morgan fingerprint density at radius 3 is 3.07 bits per heavy atom. The number of rotatable bonds is 5. The number of ether oxygens (including phenoxy) is 1. The predicted octanol–water partition coefficient (Wildman–Crippen LogP) is 2.66. The maximum absolute atomic E-state index is 9.75. The van der Waals surface area contributed by atoms with Gasteiger partial charge in [0.05, 0.1) is 12.2 Å². The van der Waals surface area contributed by atoms with Gasteiger partial charge in [0.1, 0.15) is 0 Å². The second-order valence-electron chi connectivity index (χ2n) is 4.02. The third-order valence-corrected chi connectivity index (χ3v) is 2.78. The monoisotopic (exact) mass is 198 g/mol. The van der Waals surface area contributed by atoms with E-state index in [1.807, 2.05) is 6.92 Å². The fourth-order valence-electron chi connectivity index (χ4n) is 1.82. The van der Waals surface area contributed by atoms with Crippen molar-refractivity contribution in [1.82, 2.24) is 0 Å². The van der Waals surface area contributed by atoms with Crippen LogP contribution in [0.1, 0.15) is 46.0 Å². The van der Waals surface area contributed by atoms with E-state index in [1.54, 1.807) is 0 Å². The van der Waals surface area contributed by atoms with E-state index in [9.17, 15) is 5.11 Å². The van der Waals surface area contributed by atoms with Gasteiger partial charge in [-0.3, -0.25) is 0 Å². The van der Waals surface area contributed by atoms with Crippen LogP contribution in [0.2, 0.25) is 0 Å². The molecule has 2 nitrogen and oxygen atoms in total. The first-order valence-corrected chi connectivity index (χ1v) is 5.75. The molecule has 82 valence electrons. The van der Waals surface area contributed by atoms with E-state index in [-0.39, 0.29) is 12.2 Å². The second-order valence-corrected chi connectivity index (χ2v) is 4.02. The van der Waals surface area contributed by atoms with Crippen LogP contribution in [0.5, 0.6) is 0 Å². The Bertz CT molecular complexity index is 187. The van der Waals surface area contributed by atoms with Crippen LogP contribution < -0.4 is 0 Å². The summed E-state index contributed by atoms with van der Waals surface area (Å²) in [7, 11) is 0. The van der Waals surface area contributed by atoms with Crippen LogP contribution >= 0.6 is 0 Å². The average Bonchev–Trinajstić information content (AvgIpc) is 2.18. The normalized spacial score (nSPS) is 24.5. The van der Waals surface area contributed by atoms with E-state index >= 15 is 0 Å². The van der Waals surface area contributed by atoms with E-state index in [0.717, 1.165) is 44.3 Å². The summed E-state index contributed by atoms with van der Waals surface area (Å²) in [4.78, 5) is 0. The lowest BCUT2D eigenvalue weighted by Crippen LogP contribution is -2.24. The van der Waals surface area contributed by atoms with E-state index in [0.29, 0.717) is 0 Å². The summed E-state index contributed by atoms with van der Waals surface area (Å²) in [5, 5.41) is 9.75. The van der Waals surface area contributed by atoms with Crippen molar-refractivity contribution in [3.63, 3.8) is 0 Å². The van der Waals surface area contributed by atoms with Crippen LogP contribution in [-0.4, -0.2) is 23.9 Å². The molecule has 0 fully saturated rings. The molecule has 0 aromatic carbocycles. The highest BCUT2D eigenvalue weighted by atomic mass is 16.5. The van der Waals surface area contributed by atoms with E-state index in [1.165, 1.54) is 0 Å². The molecule has 0 radical (unpaired) electrons. The SMILES string of the molecule is CCCCOC(C)C1=CCCCC1O. The maximum atomic E-state index is 9.75. The first-order valence-electron chi connectivity index (χ1n) is 5.75. The minimum Gasteiger partial charge on any atom is -0.389 e. The zero-order valence-corrected chi connectivity index (χ0v) is 9.33. The van der Waals surface area contributed by atoms with Gasteiger partial charge in [0, 0.05) is 6.61 Å². The van der Waals surface area contributed by atoms with Crippen molar-refractivity contribution in [3.8, 4) is 0 Å². The minimum absolute atomic E-state index is 0.0943. The molecule has 2 unspecified atom stereocenters. The van der Waals surface area contributed by atoms with Gasteiger partial charge < -0.3 is 9.84 Å². The van der Waals surface area contributed by atoms with E-state index < -0.39 is 0 Å². The van der Waals surface area contributed by atoms with Crippen molar-refractivity contribution >= 4 is 0 Å². The highest BCUT2D eigenvalue weighted by molar-refractivity contribution is 5.15. The van der Waals surface area contributed by atoms with Crippen LogP contribution in [0, 0.1) is 0 Å². The van der Waals surface area contributed by atoms with Crippen molar-refractivity contribution in [3.05, 3.63) is 11.6 Å². The molecule has 2 heteroatoms. The summed E-state index contributed by atoms with van der Waals surface area (Å²) in [6.45, 7) is 5.00. The third kappa shape index (κ3) is 3.43. The Morgan fingerprint density at radius 1 is 1.64 bits per heavy atom. The molecule has 0 saturated heterocycles. The lowest BCUT2D eigenvalue weighted by atomic mass is 9.93. The van der Waals surface area contributed by atoms with Crippen LogP contribution in [0.15, 0.2) is 11.6 Å². The van der Waals surface area contributed by atoms with E-state index in [2.05, 4.69) is 13.0 Å². The molecule has 0 amide bonds. The summed E-state index contributed by atoms with van der Waals surface area (Å²) in [5.41, 5.74) is 1.09. The molecule has 1 N–H and O–H groups in total. The third-order valence-electron chi connectivity index (χ3n) is 2.78. The topological polar surface area (TPSA) is 29.5 Å². The Balaban J connectivity index is 2.34. The van der Waals surface area contributed by atoms with Gasteiger partial charge >= 0.3 is 0 Å². The van der Waals surface area contributed by atoms with Crippen LogP contribution in [0.3, 0.4) is 0 Å². The highest BCUT2D eigenvalue weighted by Crippen LogP contribution is 2.22. The number of unbranched alkanes of at least 4 members (excludes halogenated alkanes) is 1. The Hall–Kier alpha value is -0.340. The van der Waals surface area contributed by atoms with Crippen molar-refractivity contribution in [2.45, 2.75) is 58.2 Å². The number of aliphatic hydroxyl groups excluding tert-OH is 1. The lowest BCUT2D eigenvalue weighted by Gasteiger charge is -2.24. The number of hydrogen-bond donors (Lipinski definition) is 1. The predicted molar refractivity (Wildman–Crippen MR) is 58.3 cm³/mol. The standard InChI is InChI=1S/C12H22O2/c1-3-4-9-14-10(2)11-7-5-6-8-12(11)13/h7,10,12-13H,3-6,8-9H2,1-2H3. The molecule has 0 heterocycles. The second kappa shape index (κ2) is 6.20. The fraction of sp³-hybridized carbons (Fsp3) is 0.833. The van der Waals surface area contributed by atoms with Gasteiger partial charge in [-0.25, -0.2) is 0 Å². The molecule has 2 atom stereocenters. The van der Waals surface area contributed by atoms with Gasteiger partial charge in [-0.1, -0.05) is 19.4 Å². The zero-order chi connectivity index (χ0) is 10.4. The highest BCUT2D eigenvalue weighted by Gasteiger charge is 2.20. The molecule has 0 saturated carbocycles. The van der Waals surface area contributed by atoms with Gasteiger partial charge in [-0.2, -0.15) is 0 Å². The van der Waals surface area contributed by atoms with Gasteiger partial charge in [-0.15, -0.1) is 0 Å². The van der Waals surface area contributed by atoms with Crippen molar-refractivity contribution < 1.29 is 9.84 Å². The van der Waals surface area contributed by atoms with Gasteiger partial charge in [0.25, 0.3) is 0 Å². The van der Waals surface area contributed by atoms with Gasteiger partial charge in [-0.05, 0) is 38.2 Å². The maximum Gasteiger partial charge on any atom is 0.0781 e. The summed E-state index contributed by atoms with van der Waals surface area (Å²) >= 11 is 0. The summed E-state index contributed by atoms with van der Waals surface area (Å²) in [5.74, 6) is 0. The molecule has 0 spiro atoms. The van der Waals surface area contributed by atoms with Crippen LogP contribution in [0.4, 0.5) is 0 Å². The number of aliphatic hydroxyl groups is 1. The molecule has 0 aromatic heterocycles. The molecule has 1 aliphatic carbocycles. The smallest absolute Gasteiger partial charge is 0.0781 e. The zero-order valence-electron chi connectivity index (χ0n) is 9.33. The van der Waals surface area contributed by atoms with Crippen molar-refractivity contribution in [2.24, 2.45) is 0 Å². The summed E-state index contributed by atoms with van der Waals surface area (Å²) in [6, 6.07) is 0. The molecular weight excluding hydrogens is 176 g/mol. The molecule has 0 aromatic rings. The van der Waals surface area contributed by atoms with Crippen LogP contribution in [-0.2, 0) is 4.74 Å². The first-order chi connectivity index (χ1) is 6.75. The number of allylic oxidation sites excluding steroid dienone is 1. The fourth-order valence-corrected chi connectivity index (χ4v) is 1.82. The first kappa shape index (κ1) is 11.7. The molecule has 14 heavy (non-hydrogen) atoms. The van der Waals surface area contributed by atoms with Crippen molar-refractivity contribution in [2.75, 3.05) is 6.61 Å². The lowest BCUT2D eigenvalue weighted by molar-refractivity contribution is 0.0620. The summed E-state index contributed by atoms with van der Waals surface area (Å²) < 4.78 is 5.66. The quantitative estimate of drug-likeness (QED) is 0.543. The Morgan fingerprint density at radius 2 is 2.43 bits per heavy atom. The average molecular weight is 198 g/mol. The molecule has 0 bridgehead atoms. The number of hydrogen-bond acceptors (Lipinski definition) is 2. The largest absolute Gasteiger partial charge is 0.389 e. The molecule has 1 rings (SSSR count). The van der Waals surface area contributed by atoms with Crippen LogP contribution in [0.25, 0.3) is 0 Å². The molecule has 0 aliphatic heterocycles. The molecular formula is C12H22O2. The Labute approximate surface area is 87.0 Å². The summed E-state index contributed by atoms with van der Waals surface area (Å²) in [6.07, 6.45) is 7.33. The Kier molecular flexibility index (Phi) is 5.20. The van der Waals surface area contributed by atoms with Gasteiger partial charge in [0.15, 0.2) is 0 Å². The minimum atomic E-state index is -0.264. The van der Waals surface area contributed by atoms with E-state index in [4.69, 9.17) is 4.74 Å². The molecule has 1 aliphatic rings.